The molecule has 0 unspecified atom stereocenters. The van der Waals surface area contributed by atoms with Crippen LogP contribution in [0.25, 0.3) is 0 Å². The SMILES string of the molecule is COCc1ccc(C(=O)NC[C@@H](C)c2ccccc2)cc1. The van der Waals surface area contributed by atoms with Gasteiger partial charge in [-0.25, -0.2) is 0 Å². The summed E-state index contributed by atoms with van der Waals surface area (Å²) in [5.41, 5.74) is 2.97. The second-order valence-electron chi connectivity index (χ2n) is 5.15. The Bertz CT molecular complexity index is 564. The summed E-state index contributed by atoms with van der Waals surface area (Å²) < 4.78 is 5.06. The van der Waals surface area contributed by atoms with Crippen molar-refractivity contribution in [1.82, 2.24) is 5.32 Å². The molecule has 2 aromatic rings. The van der Waals surface area contributed by atoms with Gasteiger partial charge in [-0.15, -0.1) is 0 Å². The number of hydrogen-bond donors (Lipinski definition) is 1. The molecule has 0 aliphatic rings. The molecule has 3 heteroatoms. The highest BCUT2D eigenvalue weighted by Crippen LogP contribution is 2.13. The van der Waals surface area contributed by atoms with Gasteiger partial charge in [-0.3, -0.25) is 4.79 Å². The van der Waals surface area contributed by atoms with Crippen LogP contribution in [0, 0.1) is 0 Å². The lowest BCUT2D eigenvalue weighted by Gasteiger charge is -2.13. The zero-order chi connectivity index (χ0) is 15.1. The van der Waals surface area contributed by atoms with E-state index in [2.05, 4.69) is 24.4 Å². The molecule has 0 bridgehead atoms. The van der Waals surface area contributed by atoms with Crippen LogP contribution in [0.15, 0.2) is 54.6 Å². The van der Waals surface area contributed by atoms with E-state index in [9.17, 15) is 4.79 Å². The van der Waals surface area contributed by atoms with Gasteiger partial charge in [0.2, 0.25) is 0 Å². The van der Waals surface area contributed by atoms with Gasteiger partial charge in [0, 0.05) is 19.2 Å². The first-order chi connectivity index (χ1) is 10.2. The van der Waals surface area contributed by atoms with Crippen molar-refractivity contribution in [3.63, 3.8) is 0 Å². The van der Waals surface area contributed by atoms with Gasteiger partial charge < -0.3 is 10.1 Å². The Balaban J connectivity index is 1.89. The fourth-order valence-electron chi connectivity index (χ4n) is 2.17. The van der Waals surface area contributed by atoms with E-state index >= 15 is 0 Å². The molecule has 21 heavy (non-hydrogen) atoms. The van der Waals surface area contributed by atoms with Crippen LogP contribution in [0.3, 0.4) is 0 Å². The molecule has 2 rings (SSSR count). The van der Waals surface area contributed by atoms with Gasteiger partial charge in [-0.1, -0.05) is 49.4 Å². The molecule has 110 valence electrons. The lowest BCUT2D eigenvalue weighted by atomic mass is 10.0. The van der Waals surface area contributed by atoms with E-state index in [4.69, 9.17) is 4.74 Å². The standard InChI is InChI=1S/C18H21NO2/c1-14(16-6-4-3-5-7-16)12-19-18(20)17-10-8-15(9-11-17)13-21-2/h3-11,14H,12-13H2,1-2H3,(H,19,20)/t14-/m1/s1. The van der Waals surface area contributed by atoms with E-state index in [1.54, 1.807) is 7.11 Å². The van der Waals surface area contributed by atoms with Crippen molar-refractivity contribution in [3.8, 4) is 0 Å². The first-order valence-corrected chi connectivity index (χ1v) is 7.11. The lowest BCUT2D eigenvalue weighted by molar-refractivity contribution is 0.0951. The highest BCUT2D eigenvalue weighted by Gasteiger charge is 2.09. The van der Waals surface area contributed by atoms with Crippen molar-refractivity contribution < 1.29 is 9.53 Å². The van der Waals surface area contributed by atoms with E-state index in [-0.39, 0.29) is 5.91 Å². The summed E-state index contributed by atoms with van der Waals surface area (Å²) in [4.78, 5) is 12.1. The Morgan fingerprint density at radius 2 is 1.76 bits per heavy atom. The molecule has 0 aliphatic carbocycles. The fraction of sp³-hybridized carbons (Fsp3) is 0.278. The Morgan fingerprint density at radius 3 is 2.38 bits per heavy atom. The zero-order valence-corrected chi connectivity index (χ0v) is 12.5. The summed E-state index contributed by atoms with van der Waals surface area (Å²) in [6.07, 6.45) is 0. The van der Waals surface area contributed by atoms with Crippen molar-refractivity contribution in [3.05, 3.63) is 71.3 Å². The van der Waals surface area contributed by atoms with Crippen LogP contribution in [0.4, 0.5) is 0 Å². The number of benzene rings is 2. The van der Waals surface area contributed by atoms with E-state index < -0.39 is 0 Å². The zero-order valence-electron chi connectivity index (χ0n) is 12.5. The molecule has 0 aliphatic heterocycles. The summed E-state index contributed by atoms with van der Waals surface area (Å²) in [5.74, 6) is 0.254. The van der Waals surface area contributed by atoms with Gasteiger partial charge in [0.25, 0.3) is 5.91 Å². The third-order valence-electron chi connectivity index (χ3n) is 3.46. The Kier molecular flexibility index (Phi) is 5.52. The molecular weight excluding hydrogens is 262 g/mol. The Labute approximate surface area is 126 Å². The van der Waals surface area contributed by atoms with Crippen molar-refractivity contribution in [2.45, 2.75) is 19.4 Å². The molecule has 0 saturated carbocycles. The van der Waals surface area contributed by atoms with Crippen molar-refractivity contribution in [1.29, 1.82) is 0 Å². The molecule has 0 saturated heterocycles. The predicted octanol–water partition coefficient (Wildman–Crippen LogP) is 3.37. The molecule has 0 spiro atoms. The predicted molar refractivity (Wildman–Crippen MR) is 84.3 cm³/mol. The molecule has 1 amide bonds. The second-order valence-corrected chi connectivity index (χ2v) is 5.15. The van der Waals surface area contributed by atoms with Gasteiger partial charge in [-0.05, 0) is 29.2 Å². The molecule has 3 nitrogen and oxygen atoms in total. The largest absolute Gasteiger partial charge is 0.380 e. The summed E-state index contributed by atoms with van der Waals surface area (Å²) in [6, 6.07) is 17.7. The minimum Gasteiger partial charge on any atom is -0.380 e. The average molecular weight is 283 g/mol. The van der Waals surface area contributed by atoms with Gasteiger partial charge in [0.1, 0.15) is 0 Å². The minimum atomic E-state index is -0.0400. The number of ether oxygens (including phenoxy) is 1. The topological polar surface area (TPSA) is 38.3 Å². The molecule has 1 N–H and O–H groups in total. The van der Waals surface area contributed by atoms with E-state index in [0.29, 0.717) is 24.6 Å². The highest BCUT2D eigenvalue weighted by atomic mass is 16.5. The fourth-order valence-corrected chi connectivity index (χ4v) is 2.17. The number of nitrogens with one attached hydrogen (secondary N) is 1. The monoisotopic (exact) mass is 283 g/mol. The van der Waals surface area contributed by atoms with Crippen molar-refractivity contribution in [2.75, 3.05) is 13.7 Å². The van der Waals surface area contributed by atoms with Crippen LogP contribution in [-0.2, 0) is 11.3 Å². The maximum absolute atomic E-state index is 12.1. The van der Waals surface area contributed by atoms with Gasteiger partial charge in [0.15, 0.2) is 0 Å². The molecule has 0 aromatic heterocycles. The first-order valence-electron chi connectivity index (χ1n) is 7.11. The average Bonchev–Trinajstić information content (AvgIpc) is 2.54. The summed E-state index contributed by atoms with van der Waals surface area (Å²) >= 11 is 0. The van der Waals surface area contributed by atoms with E-state index in [0.717, 1.165) is 5.56 Å². The lowest BCUT2D eigenvalue weighted by Crippen LogP contribution is -2.27. The number of rotatable bonds is 6. The molecule has 0 heterocycles. The third kappa shape index (κ3) is 4.43. The van der Waals surface area contributed by atoms with Crippen LogP contribution in [-0.4, -0.2) is 19.6 Å². The maximum Gasteiger partial charge on any atom is 0.251 e. The van der Waals surface area contributed by atoms with Crippen LogP contribution < -0.4 is 5.32 Å². The molecule has 1 atom stereocenters. The summed E-state index contributed by atoms with van der Waals surface area (Å²) in [7, 11) is 1.66. The van der Waals surface area contributed by atoms with Crippen molar-refractivity contribution in [2.24, 2.45) is 0 Å². The van der Waals surface area contributed by atoms with Gasteiger partial charge >= 0.3 is 0 Å². The molecule has 0 fully saturated rings. The highest BCUT2D eigenvalue weighted by molar-refractivity contribution is 5.94. The van der Waals surface area contributed by atoms with Crippen molar-refractivity contribution >= 4 is 5.91 Å². The number of amides is 1. The maximum atomic E-state index is 12.1. The van der Waals surface area contributed by atoms with Crippen LogP contribution in [0.5, 0.6) is 0 Å². The number of carbonyl (C=O) groups is 1. The normalized spacial score (nSPS) is 11.9. The first kappa shape index (κ1) is 15.3. The smallest absolute Gasteiger partial charge is 0.251 e. The van der Waals surface area contributed by atoms with E-state index in [1.807, 2.05) is 42.5 Å². The molecule has 2 aromatic carbocycles. The Hall–Kier alpha value is -2.13. The summed E-state index contributed by atoms with van der Waals surface area (Å²) in [6.45, 7) is 3.30. The second kappa shape index (κ2) is 7.60. The van der Waals surface area contributed by atoms with Crippen LogP contribution >= 0.6 is 0 Å². The van der Waals surface area contributed by atoms with Gasteiger partial charge in [-0.2, -0.15) is 0 Å². The quantitative estimate of drug-likeness (QED) is 0.882. The summed E-state index contributed by atoms with van der Waals surface area (Å²) in [5, 5.41) is 2.98. The number of hydrogen-bond acceptors (Lipinski definition) is 2. The van der Waals surface area contributed by atoms with Crippen LogP contribution in [0.2, 0.25) is 0 Å². The molecular formula is C18H21NO2. The number of carbonyl (C=O) groups excluding carboxylic acids is 1. The van der Waals surface area contributed by atoms with Crippen LogP contribution in [0.1, 0.15) is 34.3 Å². The third-order valence-corrected chi connectivity index (χ3v) is 3.46. The Morgan fingerprint density at radius 1 is 1.10 bits per heavy atom. The molecule has 0 radical (unpaired) electrons. The van der Waals surface area contributed by atoms with E-state index in [1.165, 1.54) is 5.56 Å². The minimum absolute atomic E-state index is 0.0400. The number of methoxy groups -OCH3 is 1. The van der Waals surface area contributed by atoms with Gasteiger partial charge in [0.05, 0.1) is 6.61 Å².